The van der Waals surface area contributed by atoms with Gasteiger partial charge in [0.2, 0.25) is 0 Å². The molecule has 1 atom stereocenters. The SMILES string of the molecule is Cc1cccc(C)c1CC(CBr)C(C)C. The summed E-state index contributed by atoms with van der Waals surface area (Å²) in [6.07, 6.45) is 1.20. The fraction of sp³-hybridized carbons (Fsp3) is 0.571. The van der Waals surface area contributed by atoms with Crippen molar-refractivity contribution in [3.8, 4) is 0 Å². The topological polar surface area (TPSA) is 0 Å². The summed E-state index contributed by atoms with van der Waals surface area (Å²) in [6.45, 7) is 9.04. The number of aryl methyl sites for hydroxylation is 2. The summed E-state index contributed by atoms with van der Waals surface area (Å²) < 4.78 is 0. The fourth-order valence-electron chi connectivity index (χ4n) is 1.90. The van der Waals surface area contributed by atoms with Gasteiger partial charge in [-0.1, -0.05) is 48.0 Å². The Balaban J connectivity index is 2.87. The predicted octanol–water partition coefficient (Wildman–Crippen LogP) is 4.51. The molecule has 0 saturated carbocycles. The van der Waals surface area contributed by atoms with E-state index in [0.29, 0.717) is 0 Å². The molecule has 0 spiro atoms. The van der Waals surface area contributed by atoms with Crippen LogP contribution in [0.4, 0.5) is 0 Å². The molecule has 0 N–H and O–H groups in total. The molecule has 0 aliphatic heterocycles. The van der Waals surface area contributed by atoms with Crippen LogP contribution in [0, 0.1) is 25.7 Å². The minimum atomic E-state index is 0.739. The third kappa shape index (κ3) is 3.34. The van der Waals surface area contributed by atoms with E-state index in [4.69, 9.17) is 0 Å². The Hall–Kier alpha value is -0.300. The van der Waals surface area contributed by atoms with Gasteiger partial charge in [0.15, 0.2) is 0 Å². The van der Waals surface area contributed by atoms with E-state index in [-0.39, 0.29) is 0 Å². The molecular formula is C14H21Br. The first-order valence-corrected chi connectivity index (χ1v) is 6.79. The van der Waals surface area contributed by atoms with Crippen LogP contribution in [0.2, 0.25) is 0 Å². The summed E-state index contributed by atoms with van der Waals surface area (Å²) in [4.78, 5) is 0. The lowest BCUT2D eigenvalue weighted by molar-refractivity contribution is 0.426. The summed E-state index contributed by atoms with van der Waals surface area (Å²) in [6, 6.07) is 6.58. The van der Waals surface area contributed by atoms with Crippen molar-refractivity contribution in [2.24, 2.45) is 11.8 Å². The lowest BCUT2D eigenvalue weighted by atomic mass is 9.87. The van der Waals surface area contributed by atoms with Gasteiger partial charge >= 0.3 is 0 Å². The predicted molar refractivity (Wildman–Crippen MR) is 71.7 cm³/mol. The molecule has 1 heteroatoms. The molecule has 0 fully saturated rings. The van der Waals surface area contributed by atoms with E-state index in [1.54, 1.807) is 0 Å². The van der Waals surface area contributed by atoms with E-state index in [1.807, 2.05) is 0 Å². The van der Waals surface area contributed by atoms with Crippen molar-refractivity contribution in [1.29, 1.82) is 0 Å². The first-order chi connectivity index (χ1) is 7.06. The molecule has 15 heavy (non-hydrogen) atoms. The largest absolute Gasteiger partial charge is 0.0925 e. The Bertz CT molecular complexity index is 295. The van der Waals surface area contributed by atoms with E-state index < -0.39 is 0 Å². The highest BCUT2D eigenvalue weighted by Gasteiger charge is 2.14. The van der Waals surface area contributed by atoms with E-state index in [2.05, 4.69) is 61.8 Å². The Labute approximate surface area is 102 Å². The van der Waals surface area contributed by atoms with Crippen LogP contribution in [0.15, 0.2) is 18.2 Å². The summed E-state index contributed by atoms with van der Waals surface area (Å²) >= 11 is 3.62. The number of benzene rings is 1. The smallest absolute Gasteiger partial charge is 0.00652 e. The van der Waals surface area contributed by atoms with Crippen LogP contribution in [-0.4, -0.2) is 5.33 Å². The van der Waals surface area contributed by atoms with Gasteiger partial charge in [-0.2, -0.15) is 0 Å². The number of halogens is 1. The van der Waals surface area contributed by atoms with Gasteiger partial charge in [0, 0.05) is 5.33 Å². The second-order valence-corrected chi connectivity index (χ2v) is 5.38. The lowest BCUT2D eigenvalue weighted by Crippen LogP contribution is -2.14. The monoisotopic (exact) mass is 268 g/mol. The van der Waals surface area contributed by atoms with Gasteiger partial charge < -0.3 is 0 Å². The maximum atomic E-state index is 3.62. The molecule has 0 amide bonds. The van der Waals surface area contributed by atoms with E-state index in [0.717, 1.165) is 17.2 Å². The van der Waals surface area contributed by atoms with Crippen LogP contribution < -0.4 is 0 Å². The van der Waals surface area contributed by atoms with Crippen LogP contribution in [-0.2, 0) is 6.42 Å². The van der Waals surface area contributed by atoms with Crippen molar-refractivity contribution in [3.05, 3.63) is 34.9 Å². The molecule has 1 rings (SSSR count). The molecular weight excluding hydrogens is 248 g/mol. The quantitative estimate of drug-likeness (QED) is 0.705. The Morgan fingerprint density at radius 2 is 1.67 bits per heavy atom. The molecule has 0 aromatic heterocycles. The molecule has 1 aromatic carbocycles. The summed E-state index contributed by atoms with van der Waals surface area (Å²) in [5, 5.41) is 1.10. The number of rotatable bonds is 4. The van der Waals surface area contributed by atoms with Gasteiger partial charge in [0.25, 0.3) is 0 Å². The first-order valence-electron chi connectivity index (χ1n) is 5.67. The van der Waals surface area contributed by atoms with Crippen LogP contribution in [0.3, 0.4) is 0 Å². The molecule has 0 aliphatic carbocycles. The zero-order valence-corrected chi connectivity index (χ0v) is 11.8. The van der Waals surface area contributed by atoms with Crippen LogP contribution in [0.1, 0.15) is 30.5 Å². The summed E-state index contributed by atoms with van der Waals surface area (Å²) in [5.74, 6) is 1.48. The third-order valence-corrected chi connectivity index (χ3v) is 4.08. The Kier molecular flexibility index (Phi) is 4.85. The Morgan fingerprint density at radius 3 is 2.07 bits per heavy atom. The maximum Gasteiger partial charge on any atom is 0.00652 e. The van der Waals surface area contributed by atoms with Crippen LogP contribution in [0.5, 0.6) is 0 Å². The minimum Gasteiger partial charge on any atom is -0.0925 e. The molecule has 84 valence electrons. The molecule has 0 bridgehead atoms. The van der Waals surface area contributed by atoms with Gasteiger partial charge in [-0.25, -0.2) is 0 Å². The molecule has 0 aliphatic rings. The van der Waals surface area contributed by atoms with Crippen molar-refractivity contribution in [2.75, 3.05) is 5.33 Å². The van der Waals surface area contributed by atoms with Gasteiger partial charge in [-0.3, -0.25) is 0 Å². The zero-order valence-electron chi connectivity index (χ0n) is 10.2. The average Bonchev–Trinajstić information content (AvgIpc) is 2.17. The highest BCUT2D eigenvalue weighted by atomic mass is 79.9. The standard InChI is InChI=1S/C14H21Br/c1-10(2)13(9-15)8-14-11(3)6-5-7-12(14)4/h5-7,10,13H,8-9H2,1-4H3. The van der Waals surface area contributed by atoms with Crippen molar-refractivity contribution < 1.29 is 0 Å². The molecule has 1 aromatic rings. The van der Waals surface area contributed by atoms with E-state index in [1.165, 1.54) is 23.1 Å². The Morgan fingerprint density at radius 1 is 1.13 bits per heavy atom. The number of alkyl halides is 1. The van der Waals surface area contributed by atoms with Crippen molar-refractivity contribution in [2.45, 2.75) is 34.1 Å². The highest BCUT2D eigenvalue weighted by molar-refractivity contribution is 9.09. The highest BCUT2D eigenvalue weighted by Crippen LogP contribution is 2.23. The van der Waals surface area contributed by atoms with E-state index >= 15 is 0 Å². The van der Waals surface area contributed by atoms with Gasteiger partial charge in [-0.15, -0.1) is 0 Å². The second-order valence-electron chi connectivity index (χ2n) is 4.73. The third-order valence-electron chi connectivity index (χ3n) is 3.25. The molecule has 1 unspecified atom stereocenters. The number of hydrogen-bond acceptors (Lipinski definition) is 0. The molecule has 0 radical (unpaired) electrons. The lowest BCUT2D eigenvalue weighted by Gasteiger charge is -2.20. The normalized spacial score (nSPS) is 13.2. The van der Waals surface area contributed by atoms with Gasteiger partial charge in [-0.05, 0) is 48.8 Å². The fourth-order valence-corrected chi connectivity index (χ4v) is 2.88. The van der Waals surface area contributed by atoms with Gasteiger partial charge in [0.1, 0.15) is 0 Å². The van der Waals surface area contributed by atoms with E-state index in [9.17, 15) is 0 Å². The molecule has 0 saturated heterocycles. The van der Waals surface area contributed by atoms with Gasteiger partial charge in [0.05, 0.1) is 0 Å². The summed E-state index contributed by atoms with van der Waals surface area (Å²) in [7, 11) is 0. The van der Waals surface area contributed by atoms with Crippen molar-refractivity contribution in [3.63, 3.8) is 0 Å². The molecule has 0 heterocycles. The van der Waals surface area contributed by atoms with Crippen molar-refractivity contribution in [1.82, 2.24) is 0 Å². The molecule has 0 nitrogen and oxygen atoms in total. The first kappa shape index (κ1) is 12.8. The summed E-state index contributed by atoms with van der Waals surface area (Å²) in [5.41, 5.74) is 4.40. The van der Waals surface area contributed by atoms with Crippen LogP contribution in [0.25, 0.3) is 0 Å². The number of hydrogen-bond donors (Lipinski definition) is 0. The average molecular weight is 269 g/mol. The van der Waals surface area contributed by atoms with Crippen LogP contribution >= 0.6 is 15.9 Å². The minimum absolute atomic E-state index is 0.739. The maximum absolute atomic E-state index is 3.62. The second kappa shape index (κ2) is 5.69. The zero-order chi connectivity index (χ0) is 11.4. The van der Waals surface area contributed by atoms with Crippen molar-refractivity contribution >= 4 is 15.9 Å².